The molecule has 2 saturated heterocycles. The summed E-state index contributed by atoms with van der Waals surface area (Å²) in [4.78, 5) is 37.5. The molecule has 18 heavy (non-hydrogen) atoms. The SMILES string of the molecule is CC(=O)N1CC(C(=O)N2CCN[C@H](C(N)=O)C2)C1. The number of nitrogens with zero attached hydrogens (tertiary/aromatic N) is 2. The Morgan fingerprint density at radius 3 is 2.39 bits per heavy atom. The second-order valence-corrected chi connectivity index (χ2v) is 4.81. The van der Waals surface area contributed by atoms with Crippen molar-refractivity contribution in [3.05, 3.63) is 0 Å². The average molecular weight is 254 g/mol. The number of carbonyl (C=O) groups is 3. The van der Waals surface area contributed by atoms with Crippen molar-refractivity contribution in [3.63, 3.8) is 0 Å². The van der Waals surface area contributed by atoms with Crippen molar-refractivity contribution in [1.29, 1.82) is 0 Å². The predicted molar refractivity (Wildman–Crippen MR) is 63.3 cm³/mol. The monoisotopic (exact) mass is 254 g/mol. The Bertz CT molecular complexity index is 378. The van der Waals surface area contributed by atoms with Gasteiger partial charge in [0.05, 0.1) is 5.92 Å². The number of carbonyl (C=O) groups excluding carboxylic acids is 3. The second-order valence-electron chi connectivity index (χ2n) is 4.81. The van der Waals surface area contributed by atoms with E-state index in [1.807, 2.05) is 0 Å². The van der Waals surface area contributed by atoms with Gasteiger partial charge < -0.3 is 20.9 Å². The highest BCUT2D eigenvalue weighted by Gasteiger charge is 2.38. The van der Waals surface area contributed by atoms with Crippen molar-refractivity contribution < 1.29 is 14.4 Å². The largest absolute Gasteiger partial charge is 0.368 e. The summed E-state index contributed by atoms with van der Waals surface area (Å²) in [5, 5.41) is 2.97. The van der Waals surface area contributed by atoms with Crippen LogP contribution in [0, 0.1) is 5.92 Å². The summed E-state index contributed by atoms with van der Waals surface area (Å²) in [5.41, 5.74) is 5.22. The van der Waals surface area contributed by atoms with Gasteiger partial charge in [-0.3, -0.25) is 14.4 Å². The van der Waals surface area contributed by atoms with E-state index in [1.165, 1.54) is 6.92 Å². The molecule has 2 aliphatic heterocycles. The number of likely N-dealkylation sites (tertiary alicyclic amines) is 1. The fraction of sp³-hybridized carbons (Fsp3) is 0.727. The summed E-state index contributed by atoms with van der Waals surface area (Å²) in [5.74, 6) is -0.554. The van der Waals surface area contributed by atoms with Crippen LogP contribution in [0.3, 0.4) is 0 Å². The molecule has 0 bridgehead atoms. The molecule has 7 heteroatoms. The van der Waals surface area contributed by atoms with E-state index in [-0.39, 0.29) is 17.7 Å². The smallest absolute Gasteiger partial charge is 0.236 e. The summed E-state index contributed by atoms with van der Waals surface area (Å²) in [6.07, 6.45) is 0. The molecule has 2 rings (SSSR count). The third-order valence-corrected chi connectivity index (χ3v) is 3.51. The Kier molecular flexibility index (Phi) is 3.51. The van der Waals surface area contributed by atoms with Crippen molar-refractivity contribution in [2.45, 2.75) is 13.0 Å². The van der Waals surface area contributed by atoms with Crippen molar-refractivity contribution in [2.75, 3.05) is 32.7 Å². The van der Waals surface area contributed by atoms with Crippen LogP contribution >= 0.6 is 0 Å². The van der Waals surface area contributed by atoms with Gasteiger partial charge in [0.15, 0.2) is 0 Å². The molecule has 0 aromatic rings. The van der Waals surface area contributed by atoms with Crippen LogP contribution in [0.4, 0.5) is 0 Å². The van der Waals surface area contributed by atoms with E-state index in [2.05, 4.69) is 5.32 Å². The quantitative estimate of drug-likeness (QED) is 0.582. The van der Waals surface area contributed by atoms with Crippen LogP contribution in [-0.4, -0.2) is 66.3 Å². The predicted octanol–water partition coefficient (Wildman–Crippen LogP) is -2.25. The van der Waals surface area contributed by atoms with Gasteiger partial charge in [-0.05, 0) is 0 Å². The fourth-order valence-electron chi connectivity index (χ4n) is 2.29. The minimum Gasteiger partial charge on any atom is -0.368 e. The first-order valence-electron chi connectivity index (χ1n) is 6.06. The number of nitrogens with two attached hydrogens (primary N) is 1. The molecule has 0 unspecified atom stereocenters. The number of piperazine rings is 1. The zero-order valence-electron chi connectivity index (χ0n) is 10.4. The van der Waals surface area contributed by atoms with E-state index in [9.17, 15) is 14.4 Å². The number of amides is 3. The molecule has 2 fully saturated rings. The topological polar surface area (TPSA) is 95.7 Å². The first-order valence-corrected chi connectivity index (χ1v) is 6.06. The zero-order chi connectivity index (χ0) is 13.3. The van der Waals surface area contributed by atoms with Crippen LogP contribution in [0.2, 0.25) is 0 Å². The van der Waals surface area contributed by atoms with Crippen molar-refractivity contribution in [3.8, 4) is 0 Å². The summed E-state index contributed by atoms with van der Waals surface area (Å²) >= 11 is 0. The number of rotatable bonds is 2. The van der Waals surface area contributed by atoms with Gasteiger partial charge in [0, 0.05) is 39.6 Å². The van der Waals surface area contributed by atoms with Gasteiger partial charge in [-0.15, -0.1) is 0 Å². The first-order chi connectivity index (χ1) is 8.49. The van der Waals surface area contributed by atoms with Crippen molar-refractivity contribution in [1.82, 2.24) is 15.1 Å². The molecule has 7 nitrogen and oxygen atoms in total. The van der Waals surface area contributed by atoms with Crippen LogP contribution < -0.4 is 11.1 Å². The molecule has 2 aliphatic rings. The fourth-order valence-corrected chi connectivity index (χ4v) is 2.29. The van der Waals surface area contributed by atoms with E-state index in [1.54, 1.807) is 9.80 Å². The molecule has 2 heterocycles. The maximum Gasteiger partial charge on any atom is 0.236 e. The molecule has 0 spiro atoms. The summed E-state index contributed by atoms with van der Waals surface area (Å²) < 4.78 is 0. The Morgan fingerprint density at radius 2 is 1.83 bits per heavy atom. The molecule has 100 valence electrons. The lowest BCUT2D eigenvalue weighted by molar-refractivity contribution is -0.148. The Hall–Kier alpha value is -1.63. The van der Waals surface area contributed by atoms with E-state index < -0.39 is 11.9 Å². The first kappa shape index (κ1) is 12.8. The van der Waals surface area contributed by atoms with Crippen LogP contribution in [0.25, 0.3) is 0 Å². The number of hydrogen-bond donors (Lipinski definition) is 2. The van der Waals surface area contributed by atoms with Crippen molar-refractivity contribution >= 4 is 17.7 Å². The molecular formula is C11H18N4O3. The average Bonchev–Trinajstić information content (AvgIpc) is 2.26. The molecule has 1 atom stereocenters. The molecule has 3 N–H and O–H groups in total. The Labute approximate surface area is 105 Å². The lowest BCUT2D eigenvalue weighted by Crippen LogP contribution is -2.62. The molecule has 0 saturated carbocycles. The third-order valence-electron chi connectivity index (χ3n) is 3.51. The van der Waals surface area contributed by atoms with Crippen LogP contribution in [0.15, 0.2) is 0 Å². The highest BCUT2D eigenvalue weighted by Crippen LogP contribution is 2.18. The van der Waals surface area contributed by atoms with Crippen LogP contribution in [0.1, 0.15) is 6.92 Å². The number of primary amides is 1. The van der Waals surface area contributed by atoms with Crippen LogP contribution in [-0.2, 0) is 14.4 Å². The van der Waals surface area contributed by atoms with Gasteiger partial charge in [-0.2, -0.15) is 0 Å². The van der Waals surface area contributed by atoms with E-state index in [4.69, 9.17) is 5.73 Å². The molecule has 0 aromatic heterocycles. The molecular weight excluding hydrogens is 236 g/mol. The van der Waals surface area contributed by atoms with Crippen molar-refractivity contribution in [2.24, 2.45) is 11.7 Å². The summed E-state index contributed by atoms with van der Waals surface area (Å²) in [6, 6.07) is -0.466. The third kappa shape index (κ3) is 2.45. The molecule has 3 amide bonds. The maximum atomic E-state index is 12.1. The minimum atomic E-state index is -0.466. The standard InChI is InChI=1S/C11H18N4O3/c1-7(16)15-4-8(5-15)11(18)14-3-2-13-9(6-14)10(12)17/h8-9,13H,2-6H2,1H3,(H2,12,17)/t9-/m0/s1. The Balaban J connectivity index is 1.86. The Morgan fingerprint density at radius 1 is 1.17 bits per heavy atom. The van der Waals surface area contributed by atoms with Gasteiger partial charge >= 0.3 is 0 Å². The number of hydrogen-bond acceptors (Lipinski definition) is 4. The minimum absolute atomic E-state index is 0.00521. The van der Waals surface area contributed by atoms with Gasteiger partial charge in [-0.25, -0.2) is 0 Å². The lowest BCUT2D eigenvalue weighted by atomic mass is 9.97. The van der Waals surface area contributed by atoms with E-state index in [0.29, 0.717) is 32.7 Å². The molecule has 0 radical (unpaired) electrons. The van der Waals surface area contributed by atoms with E-state index in [0.717, 1.165) is 0 Å². The highest BCUT2D eigenvalue weighted by atomic mass is 16.2. The van der Waals surface area contributed by atoms with Gasteiger partial charge in [-0.1, -0.05) is 0 Å². The van der Waals surface area contributed by atoms with Gasteiger partial charge in [0.1, 0.15) is 6.04 Å². The van der Waals surface area contributed by atoms with E-state index >= 15 is 0 Å². The maximum absolute atomic E-state index is 12.1. The zero-order valence-corrected chi connectivity index (χ0v) is 10.4. The molecule has 0 aromatic carbocycles. The highest BCUT2D eigenvalue weighted by molar-refractivity contribution is 5.85. The summed E-state index contributed by atoms with van der Waals surface area (Å²) in [6.45, 7) is 3.94. The van der Waals surface area contributed by atoms with Crippen LogP contribution in [0.5, 0.6) is 0 Å². The molecule has 0 aliphatic carbocycles. The summed E-state index contributed by atoms with van der Waals surface area (Å²) in [7, 11) is 0. The van der Waals surface area contributed by atoms with Gasteiger partial charge in [0.25, 0.3) is 0 Å². The normalized spacial score (nSPS) is 24.6. The lowest BCUT2D eigenvalue weighted by Gasteiger charge is -2.42. The number of nitrogens with one attached hydrogen (secondary N) is 1. The second kappa shape index (κ2) is 4.93. The van der Waals surface area contributed by atoms with Gasteiger partial charge in [0.2, 0.25) is 17.7 Å².